The number of hydrogen-bond acceptors (Lipinski definition) is 4. The van der Waals surface area contributed by atoms with Crippen LogP contribution in [0.2, 0.25) is 0 Å². The molecule has 5 nitrogen and oxygen atoms in total. The average molecular weight is 194 g/mol. The first-order valence-electron chi connectivity index (χ1n) is 3.49. The first kappa shape index (κ1) is 12.6. The molecule has 1 N–H and O–H groups in total. The van der Waals surface area contributed by atoms with Gasteiger partial charge in [-0.15, -0.1) is 0 Å². The van der Waals surface area contributed by atoms with Crippen LogP contribution in [0.25, 0.3) is 0 Å². The minimum atomic E-state index is -1.17. The van der Waals surface area contributed by atoms with E-state index in [9.17, 15) is 4.79 Å². The Kier molecular flexibility index (Phi) is 4.09. The number of aromatic carboxylic acids is 1. The zero-order valence-corrected chi connectivity index (χ0v) is 7.16. The zero-order valence-electron chi connectivity index (χ0n) is 7.16. The van der Waals surface area contributed by atoms with Gasteiger partial charge in [-0.3, -0.25) is 0 Å². The number of hydrogen-bond donors (Lipinski definition) is 1. The first-order chi connectivity index (χ1) is 5.41. The van der Waals surface area contributed by atoms with Gasteiger partial charge in [-0.1, -0.05) is 20.8 Å². The molecule has 0 fully saturated rings. The Morgan fingerprint density at radius 2 is 2.00 bits per heavy atom. The molecule has 0 aliphatic heterocycles. The standard InChI is InChI=1S/C7H10N2O3.Na.H/c1-7(2,3)6-8-4(5(10)11)9-12-6;;/h1-3H3,(H,10,11);;. The van der Waals surface area contributed by atoms with Crippen LogP contribution in [0.5, 0.6) is 0 Å². The molecule has 6 heteroatoms. The summed E-state index contributed by atoms with van der Waals surface area (Å²) in [5.74, 6) is -1.13. The monoisotopic (exact) mass is 194 g/mol. The van der Waals surface area contributed by atoms with E-state index in [-0.39, 0.29) is 40.8 Å². The first-order valence-corrected chi connectivity index (χ1v) is 3.49. The van der Waals surface area contributed by atoms with Crippen LogP contribution in [-0.4, -0.2) is 50.8 Å². The Labute approximate surface area is 97.8 Å². The van der Waals surface area contributed by atoms with Crippen LogP contribution in [0, 0.1) is 0 Å². The van der Waals surface area contributed by atoms with Crippen molar-refractivity contribution in [1.29, 1.82) is 0 Å². The molecule has 0 saturated carbocycles. The number of rotatable bonds is 1. The van der Waals surface area contributed by atoms with E-state index < -0.39 is 5.97 Å². The normalized spacial score (nSPS) is 10.7. The minimum absolute atomic E-state index is 0. The molecule has 0 saturated heterocycles. The maximum atomic E-state index is 10.4. The molecule has 13 heavy (non-hydrogen) atoms. The Morgan fingerprint density at radius 1 is 1.46 bits per heavy atom. The summed E-state index contributed by atoms with van der Waals surface area (Å²) < 4.78 is 4.75. The van der Waals surface area contributed by atoms with E-state index in [0.29, 0.717) is 5.89 Å². The summed E-state index contributed by atoms with van der Waals surface area (Å²) >= 11 is 0. The molecular formula is C7H11N2NaO3. The van der Waals surface area contributed by atoms with Gasteiger partial charge in [-0.2, -0.15) is 4.98 Å². The van der Waals surface area contributed by atoms with Crippen LogP contribution in [0.15, 0.2) is 4.52 Å². The molecule has 0 bridgehead atoms. The van der Waals surface area contributed by atoms with Crippen molar-refractivity contribution in [3.05, 3.63) is 11.7 Å². The van der Waals surface area contributed by atoms with Crippen LogP contribution in [-0.2, 0) is 5.41 Å². The zero-order chi connectivity index (χ0) is 9.35. The fourth-order valence-corrected chi connectivity index (χ4v) is 0.615. The number of aromatic nitrogens is 2. The third-order valence-electron chi connectivity index (χ3n) is 1.26. The van der Waals surface area contributed by atoms with Gasteiger partial charge in [-0.05, 0) is 5.16 Å². The van der Waals surface area contributed by atoms with Crippen molar-refractivity contribution in [2.75, 3.05) is 0 Å². The summed E-state index contributed by atoms with van der Waals surface area (Å²) in [7, 11) is 0. The second-order valence-electron chi connectivity index (χ2n) is 3.48. The molecule has 0 aromatic carbocycles. The van der Waals surface area contributed by atoms with Crippen molar-refractivity contribution in [2.45, 2.75) is 26.2 Å². The summed E-state index contributed by atoms with van der Waals surface area (Å²) in [5.41, 5.74) is -0.305. The van der Waals surface area contributed by atoms with Gasteiger partial charge in [-0.25, -0.2) is 4.79 Å². The summed E-state index contributed by atoms with van der Waals surface area (Å²) in [5, 5.41) is 11.8. The molecule has 0 spiro atoms. The third kappa shape index (κ3) is 3.10. The molecule has 0 atom stereocenters. The molecule has 1 rings (SSSR count). The van der Waals surface area contributed by atoms with Crippen molar-refractivity contribution in [1.82, 2.24) is 10.1 Å². The van der Waals surface area contributed by atoms with Gasteiger partial charge in [0.1, 0.15) is 0 Å². The molecule has 0 unspecified atom stereocenters. The molecule has 68 valence electrons. The molecule has 0 radical (unpaired) electrons. The van der Waals surface area contributed by atoms with Crippen molar-refractivity contribution >= 4 is 35.5 Å². The van der Waals surface area contributed by atoms with Gasteiger partial charge < -0.3 is 9.63 Å². The second kappa shape index (κ2) is 4.21. The van der Waals surface area contributed by atoms with Gasteiger partial charge in [0.2, 0.25) is 5.89 Å². The average Bonchev–Trinajstić information content (AvgIpc) is 2.30. The van der Waals surface area contributed by atoms with E-state index in [1.54, 1.807) is 0 Å². The predicted molar refractivity (Wildman–Crippen MR) is 47.1 cm³/mol. The number of carboxylic acids is 1. The van der Waals surface area contributed by atoms with Crippen molar-refractivity contribution in [2.24, 2.45) is 0 Å². The third-order valence-corrected chi connectivity index (χ3v) is 1.26. The number of carboxylic acid groups (broad SMARTS) is 1. The quantitative estimate of drug-likeness (QED) is 0.655. The van der Waals surface area contributed by atoms with Crippen molar-refractivity contribution in [3.63, 3.8) is 0 Å². The Morgan fingerprint density at radius 3 is 2.23 bits per heavy atom. The Balaban J connectivity index is 0.00000144. The summed E-state index contributed by atoms with van der Waals surface area (Å²) in [4.78, 5) is 14.1. The topological polar surface area (TPSA) is 76.2 Å². The van der Waals surface area contributed by atoms with E-state index >= 15 is 0 Å². The molecule has 1 aromatic heterocycles. The summed E-state index contributed by atoms with van der Waals surface area (Å²) in [6.45, 7) is 5.60. The van der Waals surface area contributed by atoms with E-state index in [0.717, 1.165) is 0 Å². The summed E-state index contributed by atoms with van der Waals surface area (Å²) in [6.07, 6.45) is 0. The van der Waals surface area contributed by atoms with Crippen LogP contribution >= 0.6 is 0 Å². The second-order valence-corrected chi connectivity index (χ2v) is 3.48. The van der Waals surface area contributed by atoms with Gasteiger partial charge in [0.05, 0.1) is 0 Å². The summed E-state index contributed by atoms with van der Waals surface area (Å²) in [6, 6.07) is 0. The van der Waals surface area contributed by atoms with E-state index in [1.807, 2.05) is 20.8 Å². The molecule has 0 amide bonds. The molecule has 0 aliphatic rings. The Bertz CT molecular complexity index is 303. The predicted octanol–water partition coefficient (Wildman–Crippen LogP) is 0.417. The van der Waals surface area contributed by atoms with Crippen LogP contribution < -0.4 is 0 Å². The van der Waals surface area contributed by atoms with E-state index in [2.05, 4.69) is 10.1 Å². The molecular weight excluding hydrogens is 183 g/mol. The Hall–Kier alpha value is -0.390. The van der Waals surface area contributed by atoms with Gasteiger partial charge in [0, 0.05) is 5.41 Å². The van der Waals surface area contributed by atoms with Gasteiger partial charge in [0.25, 0.3) is 5.82 Å². The van der Waals surface area contributed by atoms with Crippen LogP contribution in [0.4, 0.5) is 0 Å². The molecule has 1 heterocycles. The van der Waals surface area contributed by atoms with Crippen LogP contribution in [0.3, 0.4) is 0 Å². The number of nitrogens with zero attached hydrogens (tertiary/aromatic N) is 2. The molecule has 1 aromatic rings. The van der Waals surface area contributed by atoms with Gasteiger partial charge in [0.15, 0.2) is 0 Å². The van der Waals surface area contributed by atoms with Crippen molar-refractivity contribution < 1.29 is 14.4 Å². The van der Waals surface area contributed by atoms with E-state index in [4.69, 9.17) is 9.63 Å². The number of carbonyl (C=O) groups is 1. The SMILES string of the molecule is CC(C)(C)c1nc(C(=O)O)no1.[NaH]. The van der Waals surface area contributed by atoms with Crippen molar-refractivity contribution in [3.8, 4) is 0 Å². The fourth-order valence-electron chi connectivity index (χ4n) is 0.615. The molecule has 0 aliphatic carbocycles. The fraction of sp³-hybridized carbons (Fsp3) is 0.571. The van der Waals surface area contributed by atoms with Crippen LogP contribution in [0.1, 0.15) is 37.3 Å². The van der Waals surface area contributed by atoms with E-state index in [1.165, 1.54) is 0 Å². The van der Waals surface area contributed by atoms with Gasteiger partial charge >= 0.3 is 35.5 Å². The maximum absolute atomic E-state index is 10.4.